The number of hydrogen-bond donors (Lipinski definition) is 0. The molecule has 2 heteroatoms. The van der Waals surface area contributed by atoms with E-state index >= 15 is 0 Å². The van der Waals surface area contributed by atoms with Crippen molar-refractivity contribution in [3.05, 3.63) is 48.5 Å². The van der Waals surface area contributed by atoms with Gasteiger partial charge in [0.15, 0.2) is 0 Å². The third-order valence-corrected chi connectivity index (χ3v) is 1.01. The number of rotatable bonds is 2. The molecule has 0 aromatic rings. The molecule has 0 aliphatic heterocycles. The van der Waals surface area contributed by atoms with E-state index in [0.29, 0.717) is 10.1 Å². The summed E-state index contributed by atoms with van der Waals surface area (Å²) in [5.74, 6) is 0. The lowest BCUT2D eigenvalue weighted by Crippen LogP contribution is -1.57. The van der Waals surface area contributed by atoms with Crippen LogP contribution in [0.1, 0.15) is 0 Å². The van der Waals surface area contributed by atoms with Gasteiger partial charge in [-0.2, -0.15) is 0 Å². The van der Waals surface area contributed by atoms with Crippen LogP contribution in [0, 0.1) is 0 Å². The van der Waals surface area contributed by atoms with E-state index < -0.39 is 0 Å². The Morgan fingerprint density at radius 2 is 1.10 bits per heavy atom. The first-order chi connectivity index (χ1) is 4.56. The lowest BCUT2D eigenvalue weighted by molar-refractivity contribution is 1.94. The van der Waals surface area contributed by atoms with Gasteiger partial charge in [-0.3, -0.25) is 0 Å². The SMILES string of the molecule is C=C(Cl)C(=C)Cl.C=CC=C. The standard InChI is InChI=1S/C4H4Cl2.C4H6/c1-3(5)4(2)6;1-3-4-2/h1-2H2;3-4H,1-2H2. The van der Waals surface area contributed by atoms with Gasteiger partial charge in [0.05, 0.1) is 10.1 Å². The average Bonchev–Trinajstić information content (AvgIpc) is 1.89. The zero-order chi connectivity index (χ0) is 8.57. The van der Waals surface area contributed by atoms with Crippen molar-refractivity contribution in [2.45, 2.75) is 0 Å². The first kappa shape index (κ1) is 12.2. The molecule has 56 valence electrons. The van der Waals surface area contributed by atoms with Crippen LogP contribution >= 0.6 is 23.2 Å². The molecular weight excluding hydrogens is 167 g/mol. The Balaban J connectivity index is 0. The molecule has 0 unspecified atom stereocenters. The second-order valence-electron chi connectivity index (χ2n) is 1.28. The van der Waals surface area contributed by atoms with Crippen LogP contribution in [0.4, 0.5) is 0 Å². The van der Waals surface area contributed by atoms with E-state index in [0.717, 1.165) is 0 Å². The highest BCUT2D eigenvalue weighted by Crippen LogP contribution is 2.12. The van der Waals surface area contributed by atoms with E-state index in [1.165, 1.54) is 0 Å². The van der Waals surface area contributed by atoms with Crippen molar-refractivity contribution in [2.24, 2.45) is 0 Å². The van der Waals surface area contributed by atoms with Gasteiger partial charge in [0.1, 0.15) is 0 Å². The minimum atomic E-state index is 0.302. The second-order valence-corrected chi connectivity index (χ2v) is 2.19. The van der Waals surface area contributed by atoms with Crippen LogP contribution in [-0.4, -0.2) is 0 Å². The highest BCUT2D eigenvalue weighted by atomic mass is 35.5. The second kappa shape index (κ2) is 8.54. The van der Waals surface area contributed by atoms with Crippen LogP contribution in [0.3, 0.4) is 0 Å². The molecular formula is C8H10Cl2. The van der Waals surface area contributed by atoms with Crippen LogP contribution in [0.25, 0.3) is 0 Å². The summed E-state index contributed by atoms with van der Waals surface area (Å²) in [5, 5.41) is 0.605. The first-order valence-corrected chi connectivity index (χ1v) is 3.24. The van der Waals surface area contributed by atoms with Gasteiger partial charge in [0.2, 0.25) is 0 Å². The molecule has 0 saturated carbocycles. The maximum atomic E-state index is 5.19. The molecule has 0 spiro atoms. The fraction of sp³-hybridized carbons (Fsp3) is 0. The van der Waals surface area contributed by atoms with Crippen molar-refractivity contribution < 1.29 is 0 Å². The molecule has 0 saturated heterocycles. The molecule has 0 heterocycles. The topological polar surface area (TPSA) is 0 Å². The molecule has 0 amide bonds. The Bertz CT molecular complexity index is 127. The molecule has 0 atom stereocenters. The molecule has 0 radical (unpaired) electrons. The lowest BCUT2D eigenvalue weighted by Gasteiger charge is -1.81. The molecule has 10 heavy (non-hydrogen) atoms. The van der Waals surface area contributed by atoms with E-state index in [1.807, 2.05) is 0 Å². The Morgan fingerprint density at radius 3 is 1.10 bits per heavy atom. The zero-order valence-electron chi connectivity index (χ0n) is 5.74. The molecule has 0 rings (SSSR count). The summed E-state index contributed by atoms with van der Waals surface area (Å²) in [7, 11) is 0. The van der Waals surface area contributed by atoms with Gasteiger partial charge in [-0.05, 0) is 0 Å². The summed E-state index contributed by atoms with van der Waals surface area (Å²) >= 11 is 10.4. The van der Waals surface area contributed by atoms with Gasteiger partial charge in [0, 0.05) is 0 Å². The predicted molar refractivity (Wildman–Crippen MR) is 50.4 cm³/mol. The molecule has 0 aliphatic carbocycles. The monoisotopic (exact) mass is 176 g/mol. The molecule has 0 nitrogen and oxygen atoms in total. The summed E-state index contributed by atoms with van der Waals surface area (Å²) in [5.41, 5.74) is 0. The maximum Gasteiger partial charge on any atom is 0.0514 e. The average molecular weight is 177 g/mol. The van der Waals surface area contributed by atoms with Crippen LogP contribution < -0.4 is 0 Å². The highest BCUT2D eigenvalue weighted by molar-refractivity contribution is 6.43. The van der Waals surface area contributed by atoms with Crippen molar-refractivity contribution in [2.75, 3.05) is 0 Å². The summed E-state index contributed by atoms with van der Waals surface area (Å²) in [6.07, 6.45) is 3.28. The Hall–Kier alpha value is -0.460. The van der Waals surface area contributed by atoms with E-state index in [4.69, 9.17) is 23.2 Å². The molecule has 0 aliphatic rings. The fourth-order valence-electron chi connectivity index (χ4n) is 0. The van der Waals surface area contributed by atoms with E-state index in [2.05, 4.69) is 26.3 Å². The fourth-order valence-corrected chi connectivity index (χ4v) is 0. The van der Waals surface area contributed by atoms with Crippen LogP contribution in [0.5, 0.6) is 0 Å². The van der Waals surface area contributed by atoms with E-state index in [1.54, 1.807) is 12.2 Å². The van der Waals surface area contributed by atoms with Crippen molar-refractivity contribution in [1.29, 1.82) is 0 Å². The van der Waals surface area contributed by atoms with Crippen molar-refractivity contribution in [1.82, 2.24) is 0 Å². The van der Waals surface area contributed by atoms with Gasteiger partial charge in [-0.1, -0.05) is 61.7 Å². The first-order valence-electron chi connectivity index (χ1n) is 2.48. The normalized spacial score (nSPS) is 6.60. The minimum Gasteiger partial charge on any atom is -0.0991 e. The quantitative estimate of drug-likeness (QED) is 0.562. The van der Waals surface area contributed by atoms with Gasteiger partial charge < -0.3 is 0 Å². The molecule has 0 aromatic heterocycles. The molecule has 0 bridgehead atoms. The number of allylic oxidation sites excluding steroid dienone is 4. The van der Waals surface area contributed by atoms with E-state index in [9.17, 15) is 0 Å². The van der Waals surface area contributed by atoms with Gasteiger partial charge >= 0.3 is 0 Å². The van der Waals surface area contributed by atoms with Gasteiger partial charge in [0.25, 0.3) is 0 Å². The Morgan fingerprint density at radius 1 is 0.900 bits per heavy atom. The Kier molecular flexibility index (Phi) is 10.5. The molecule has 0 N–H and O–H groups in total. The zero-order valence-corrected chi connectivity index (χ0v) is 7.25. The summed E-state index contributed by atoms with van der Waals surface area (Å²) < 4.78 is 0. The third-order valence-electron chi connectivity index (χ3n) is 0.461. The van der Waals surface area contributed by atoms with Crippen LogP contribution in [-0.2, 0) is 0 Å². The van der Waals surface area contributed by atoms with Gasteiger partial charge in [-0.25, -0.2) is 0 Å². The molecule has 0 fully saturated rings. The summed E-state index contributed by atoms with van der Waals surface area (Å²) in [6, 6.07) is 0. The highest BCUT2D eigenvalue weighted by Gasteiger charge is 1.84. The maximum absolute atomic E-state index is 5.19. The van der Waals surface area contributed by atoms with Crippen molar-refractivity contribution in [3.8, 4) is 0 Å². The third kappa shape index (κ3) is 15.6. The number of halogens is 2. The van der Waals surface area contributed by atoms with Crippen LogP contribution in [0.2, 0.25) is 0 Å². The van der Waals surface area contributed by atoms with Crippen LogP contribution in [0.15, 0.2) is 48.5 Å². The molecule has 0 aromatic carbocycles. The van der Waals surface area contributed by atoms with E-state index in [-0.39, 0.29) is 0 Å². The summed E-state index contributed by atoms with van der Waals surface area (Å²) in [6.45, 7) is 13.3. The van der Waals surface area contributed by atoms with Gasteiger partial charge in [-0.15, -0.1) is 0 Å². The largest absolute Gasteiger partial charge is 0.0991 e. The predicted octanol–water partition coefficient (Wildman–Crippen LogP) is 3.85. The minimum absolute atomic E-state index is 0.302. The summed E-state index contributed by atoms with van der Waals surface area (Å²) in [4.78, 5) is 0. The smallest absolute Gasteiger partial charge is 0.0514 e. The Labute approximate surface area is 72.1 Å². The number of hydrogen-bond acceptors (Lipinski definition) is 0. The van der Waals surface area contributed by atoms with Crippen molar-refractivity contribution >= 4 is 23.2 Å². The van der Waals surface area contributed by atoms with Crippen molar-refractivity contribution in [3.63, 3.8) is 0 Å². The lowest BCUT2D eigenvalue weighted by atomic mass is 10.6.